The maximum Gasteiger partial charge on any atom is 0.276 e. The number of hydrogen-bond acceptors (Lipinski definition) is 10. The van der Waals surface area contributed by atoms with E-state index in [1.165, 1.54) is 19.3 Å². The van der Waals surface area contributed by atoms with E-state index in [9.17, 15) is 19.2 Å². The molecular weight excluding hydrogens is 668 g/mol. The third kappa shape index (κ3) is 7.77. The lowest BCUT2D eigenvalue weighted by atomic mass is 10.1. The Kier molecular flexibility index (Phi) is 11.0. The monoisotopic (exact) mass is 710 g/mol. The summed E-state index contributed by atoms with van der Waals surface area (Å²) in [6.45, 7) is 8.80. The van der Waals surface area contributed by atoms with Crippen LogP contribution in [0.2, 0.25) is 0 Å². The highest BCUT2D eigenvalue weighted by Gasteiger charge is 2.22. The fourth-order valence-corrected chi connectivity index (χ4v) is 5.86. The molecule has 17 nitrogen and oxygen atoms in total. The molecule has 0 aliphatic heterocycles. The molecule has 3 aromatic heterocycles. The van der Waals surface area contributed by atoms with Gasteiger partial charge >= 0.3 is 0 Å². The van der Waals surface area contributed by atoms with Crippen LogP contribution in [0.15, 0.2) is 53.2 Å². The molecule has 8 N–H and O–H groups in total. The smallest absolute Gasteiger partial charge is 0.276 e. The summed E-state index contributed by atoms with van der Waals surface area (Å²) in [6, 6.07) is 9.68. The van der Waals surface area contributed by atoms with E-state index >= 15 is 0 Å². The van der Waals surface area contributed by atoms with Crippen molar-refractivity contribution in [3.63, 3.8) is 0 Å². The van der Waals surface area contributed by atoms with E-state index in [1.807, 2.05) is 16.1 Å². The zero-order valence-corrected chi connectivity index (χ0v) is 29.7. The number of nitrogens with zero attached hydrogens (tertiary/aromatic N) is 7. The minimum atomic E-state index is -0.650. The molecule has 0 spiro atoms. The SMILES string of the molecule is CCN=C(C=C(C)N)C(=O)Nc1nc2cc(C(N)=O)ccc2n1CCCCn1c(NC(=O)c2cc(C)nn2CC)nc2cc(C(N)=O)cc(OC)c21. The molecular formula is C35H42N12O5. The van der Waals surface area contributed by atoms with E-state index in [4.69, 9.17) is 21.9 Å². The molecule has 5 aromatic rings. The standard InChI is InChI=1S/C35H42N12O5/c1-6-39-25(14-19(3)36)32(50)42-34-40-23-16-21(30(37)48)10-11-26(23)45(34)12-8-9-13-46-29-24(17-22(31(38)49)18-28(29)52-5)41-35(46)43-33(51)27-15-20(4)44-47(27)7-2/h10-11,14-18H,6-9,12-13,36H2,1-5H3,(H2,37,48)(H2,38,49)(H,40,42,50)(H,41,43,51). The number of aliphatic imine (C=N–C) groups is 1. The molecule has 0 fully saturated rings. The molecule has 0 saturated carbocycles. The summed E-state index contributed by atoms with van der Waals surface area (Å²) in [4.78, 5) is 64.4. The number of allylic oxidation sites excluding steroid dienone is 1. The number of primary amides is 2. The maximum atomic E-state index is 13.5. The van der Waals surface area contributed by atoms with Crippen LogP contribution in [0.1, 0.15) is 70.5 Å². The van der Waals surface area contributed by atoms with Gasteiger partial charge in [-0.2, -0.15) is 5.10 Å². The molecule has 0 saturated heterocycles. The van der Waals surface area contributed by atoms with Crippen LogP contribution in [0.25, 0.3) is 22.1 Å². The molecule has 0 aliphatic carbocycles. The minimum Gasteiger partial charge on any atom is -0.494 e. The first-order valence-corrected chi connectivity index (χ1v) is 16.7. The van der Waals surface area contributed by atoms with Gasteiger partial charge in [0.15, 0.2) is 0 Å². The lowest BCUT2D eigenvalue weighted by molar-refractivity contribution is -0.110. The van der Waals surface area contributed by atoms with Crippen LogP contribution in [0.3, 0.4) is 0 Å². The summed E-state index contributed by atoms with van der Waals surface area (Å²) in [5, 5.41) is 10.1. The van der Waals surface area contributed by atoms with Crippen molar-refractivity contribution in [1.29, 1.82) is 0 Å². The van der Waals surface area contributed by atoms with Crippen LogP contribution in [-0.4, -0.2) is 71.9 Å². The normalized spacial score (nSPS) is 12.0. The van der Waals surface area contributed by atoms with Crippen molar-refractivity contribution in [2.75, 3.05) is 24.3 Å². The fourth-order valence-electron chi connectivity index (χ4n) is 5.86. The van der Waals surface area contributed by atoms with E-state index < -0.39 is 23.6 Å². The molecule has 5 rings (SSSR count). The molecule has 17 heteroatoms. The average molecular weight is 711 g/mol. The number of aryl methyl sites for hydroxylation is 4. The molecule has 0 atom stereocenters. The second-order valence-electron chi connectivity index (χ2n) is 12.0. The van der Waals surface area contributed by atoms with Gasteiger partial charge in [0.25, 0.3) is 11.8 Å². The van der Waals surface area contributed by atoms with E-state index in [-0.39, 0.29) is 28.7 Å². The van der Waals surface area contributed by atoms with Gasteiger partial charge in [-0.1, -0.05) is 0 Å². The summed E-state index contributed by atoms with van der Waals surface area (Å²) in [5.74, 6) is -1.30. The predicted molar refractivity (Wildman–Crippen MR) is 197 cm³/mol. The van der Waals surface area contributed by atoms with Crippen molar-refractivity contribution in [2.45, 2.75) is 60.2 Å². The van der Waals surface area contributed by atoms with E-state index in [1.54, 1.807) is 55.8 Å². The van der Waals surface area contributed by atoms with Crippen molar-refractivity contribution < 1.29 is 23.9 Å². The van der Waals surface area contributed by atoms with Crippen molar-refractivity contribution >= 4 is 63.3 Å². The Morgan fingerprint density at radius 1 is 0.885 bits per heavy atom. The number of ether oxygens (including phenoxy) is 1. The molecule has 2 aromatic carbocycles. The number of amides is 4. The largest absolute Gasteiger partial charge is 0.494 e. The number of anilines is 2. The first-order chi connectivity index (χ1) is 24.8. The Morgan fingerprint density at radius 2 is 1.54 bits per heavy atom. The number of imidazole rings is 2. The molecule has 3 heterocycles. The second kappa shape index (κ2) is 15.6. The Hall–Kier alpha value is -6.52. The van der Waals surface area contributed by atoms with E-state index in [0.29, 0.717) is 83.9 Å². The number of unbranched alkanes of at least 4 members (excludes halogenated alkanes) is 1. The van der Waals surface area contributed by atoms with E-state index in [0.717, 1.165) is 0 Å². The van der Waals surface area contributed by atoms with Crippen LogP contribution >= 0.6 is 0 Å². The lowest BCUT2D eigenvalue weighted by Gasteiger charge is -2.14. The second-order valence-corrected chi connectivity index (χ2v) is 12.0. The van der Waals surface area contributed by atoms with Crippen molar-refractivity contribution in [1.82, 2.24) is 28.9 Å². The number of nitrogens with one attached hydrogen (secondary N) is 2. The lowest BCUT2D eigenvalue weighted by Crippen LogP contribution is -2.24. The van der Waals surface area contributed by atoms with Gasteiger partial charge in [-0.3, -0.25) is 39.5 Å². The Bertz CT molecular complexity index is 2250. The van der Waals surface area contributed by atoms with Crippen molar-refractivity contribution in [3.8, 4) is 5.75 Å². The molecule has 0 radical (unpaired) electrons. The summed E-state index contributed by atoms with van der Waals surface area (Å²) in [6.07, 6.45) is 2.62. The number of nitrogens with two attached hydrogens (primary N) is 3. The molecule has 272 valence electrons. The highest BCUT2D eigenvalue weighted by molar-refractivity contribution is 6.47. The van der Waals surface area contributed by atoms with Gasteiger partial charge in [0.05, 0.1) is 29.4 Å². The average Bonchev–Trinajstić information content (AvgIpc) is 3.77. The fraction of sp³-hybridized carbons (Fsp3) is 0.314. The number of carbonyl (C=O) groups excluding carboxylic acids is 4. The van der Waals surface area contributed by atoms with Crippen LogP contribution in [0, 0.1) is 6.92 Å². The van der Waals surface area contributed by atoms with Crippen LogP contribution in [-0.2, 0) is 24.4 Å². The highest BCUT2D eigenvalue weighted by atomic mass is 16.5. The van der Waals surface area contributed by atoms with Crippen molar-refractivity contribution in [2.24, 2.45) is 22.2 Å². The van der Waals surface area contributed by atoms with Gasteiger partial charge in [0.1, 0.15) is 22.7 Å². The van der Waals surface area contributed by atoms with Gasteiger partial charge in [-0.05, 0) is 83.0 Å². The molecule has 52 heavy (non-hydrogen) atoms. The van der Waals surface area contributed by atoms with Gasteiger partial charge < -0.3 is 31.1 Å². The van der Waals surface area contributed by atoms with Crippen LogP contribution in [0.5, 0.6) is 5.75 Å². The zero-order valence-electron chi connectivity index (χ0n) is 29.7. The minimum absolute atomic E-state index is 0.145. The number of aromatic nitrogens is 6. The molecule has 4 amide bonds. The predicted octanol–water partition coefficient (Wildman–Crippen LogP) is 3.11. The Labute approximate surface area is 298 Å². The summed E-state index contributed by atoms with van der Waals surface area (Å²) < 4.78 is 10.9. The maximum absolute atomic E-state index is 13.5. The first kappa shape index (κ1) is 36.8. The van der Waals surface area contributed by atoms with Gasteiger partial charge in [0, 0.05) is 43.0 Å². The number of hydrogen-bond donors (Lipinski definition) is 5. The Balaban J connectivity index is 1.47. The zero-order chi connectivity index (χ0) is 37.7. The third-order valence-electron chi connectivity index (χ3n) is 8.17. The van der Waals surface area contributed by atoms with Gasteiger partial charge in [-0.25, -0.2) is 9.97 Å². The molecule has 0 aliphatic rings. The highest BCUT2D eigenvalue weighted by Crippen LogP contribution is 2.31. The number of benzene rings is 2. The summed E-state index contributed by atoms with van der Waals surface area (Å²) in [5.41, 5.74) is 21.2. The summed E-state index contributed by atoms with van der Waals surface area (Å²) in [7, 11) is 1.47. The number of rotatable bonds is 15. The molecule has 0 bridgehead atoms. The van der Waals surface area contributed by atoms with Crippen LogP contribution in [0.4, 0.5) is 11.9 Å². The van der Waals surface area contributed by atoms with Crippen LogP contribution < -0.4 is 32.6 Å². The molecule has 0 unspecified atom stereocenters. The van der Waals surface area contributed by atoms with Crippen molar-refractivity contribution in [3.05, 3.63) is 70.7 Å². The first-order valence-electron chi connectivity index (χ1n) is 16.7. The summed E-state index contributed by atoms with van der Waals surface area (Å²) >= 11 is 0. The number of carbonyl (C=O) groups is 4. The number of methoxy groups -OCH3 is 1. The number of fused-ring (bicyclic) bond motifs is 2. The van der Waals surface area contributed by atoms with Gasteiger partial charge in [-0.15, -0.1) is 0 Å². The third-order valence-corrected chi connectivity index (χ3v) is 8.17. The topological polar surface area (TPSA) is 245 Å². The quantitative estimate of drug-likeness (QED) is 0.0790. The van der Waals surface area contributed by atoms with Gasteiger partial charge in [0.2, 0.25) is 23.7 Å². The van der Waals surface area contributed by atoms with E-state index in [2.05, 4.69) is 30.7 Å². The Morgan fingerprint density at radius 3 is 2.17 bits per heavy atom.